The summed E-state index contributed by atoms with van der Waals surface area (Å²) in [5.74, 6) is 1.67. The molecule has 170 valence electrons. The van der Waals surface area contributed by atoms with Crippen molar-refractivity contribution >= 4 is 23.0 Å². The van der Waals surface area contributed by atoms with Gasteiger partial charge in [-0.05, 0) is 50.0 Å². The molecule has 5 nitrogen and oxygen atoms in total. The molecule has 1 aromatic carbocycles. The highest BCUT2D eigenvalue weighted by Crippen LogP contribution is 2.40. The Kier molecular flexibility index (Phi) is 7.72. The predicted octanol–water partition coefficient (Wildman–Crippen LogP) is 6.96. The number of thioether (sulfide) groups is 1. The van der Waals surface area contributed by atoms with E-state index < -0.39 is 0 Å². The second-order valence-corrected chi connectivity index (χ2v) is 9.23. The summed E-state index contributed by atoms with van der Waals surface area (Å²) in [7, 11) is 0. The van der Waals surface area contributed by atoms with Crippen molar-refractivity contribution in [2.75, 3.05) is 6.26 Å². The third kappa shape index (κ3) is 5.76. The average molecular weight is 456 g/mol. The van der Waals surface area contributed by atoms with E-state index in [1.54, 1.807) is 19.9 Å². The number of rotatable bonds is 9. The van der Waals surface area contributed by atoms with Crippen LogP contribution >= 0.6 is 11.8 Å². The Hall–Kier alpha value is -2.67. The van der Waals surface area contributed by atoms with E-state index in [1.807, 2.05) is 12.3 Å². The first kappa shape index (κ1) is 24.0. The largest absolute Gasteiger partial charge is 0.362 e. The van der Waals surface area contributed by atoms with Crippen molar-refractivity contribution < 1.29 is 13.8 Å². The Bertz CT molecular complexity index is 1070. The molecule has 7 heteroatoms. The van der Waals surface area contributed by atoms with Crippen molar-refractivity contribution in [1.29, 1.82) is 0 Å². The van der Waals surface area contributed by atoms with Gasteiger partial charge in [0.05, 0.1) is 5.71 Å². The number of oxime groups is 1. The van der Waals surface area contributed by atoms with E-state index in [4.69, 9.17) is 9.36 Å². The number of halogens is 1. The van der Waals surface area contributed by atoms with E-state index >= 15 is 0 Å². The zero-order valence-corrected chi connectivity index (χ0v) is 20.1. The Morgan fingerprint density at radius 1 is 1.44 bits per heavy atom. The summed E-state index contributed by atoms with van der Waals surface area (Å²) in [4.78, 5) is 10.6. The van der Waals surface area contributed by atoms with Crippen LogP contribution in [0.15, 0.2) is 63.3 Å². The number of benzene rings is 1. The molecule has 2 aromatic rings. The molecule has 0 N–H and O–H groups in total. The highest BCUT2D eigenvalue weighted by Gasteiger charge is 2.29. The van der Waals surface area contributed by atoms with Crippen LogP contribution in [0.5, 0.6) is 0 Å². The van der Waals surface area contributed by atoms with Crippen molar-refractivity contribution in [3.8, 4) is 0 Å². The van der Waals surface area contributed by atoms with Gasteiger partial charge in [0.25, 0.3) is 0 Å². The lowest BCUT2D eigenvalue weighted by molar-refractivity contribution is 0.166. The fourth-order valence-electron chi connectivity index (χ4n) is 3.70. The summed E-state index contributed by atoms with van der Waals surface area (Å²) in [6.07, 6.45) is 10.9. The highest BCUT2D eigenvalue weighted by molar-refractivity contribution is 7.98. The molecule has 0 amide bonds. The molecule has 2 unspecified atom stereocenters. The maximum atomic E-state index is 14.1. The molecule has 1 aromatic heterocycles. The van der Waals surface area contributed by atoms with Crippen LogP contribution in [0, 0.1) is 24.1 Å². The summed E-state index contributed by atoms with van der Waals surface area (Å²) in [6.45, 7) is 12.0. The van der Waals surface area contributed by atoms with Gasteiger partial charge in [-0.25, -0.2) is 4.39 Å². The zero-order valence-electron chi connectivity index (χ0n) is 19.3. The molecule has 1 aliphatic rings. The molecule has 0 fully saturated rings. The van der Waals surface area contributed by atoms with Gasteiger partial charge >= 0.3 is 0 Å². The molecule has 2 atom stereocenters. The lowest BCUT2D eigenvalue weighted by Gasteiger charge is -2.31. The van der Waals surface area contributed by atoms with Crippen molar-refractivity contribution in [3.05, 3.63) is 71.9 Å². The van der Waals surface area contributed by atoms with Crippen LogP contribution in [0.4, 0.5) is 4.39 Å². The Balaban J connectivity index is 1.62. The molecular formula is C25H30FN3O2S. The van der Waals surface area contributed by atoms with Crippen molar-refractivity contribution in [2.24, 2.45) is 16.5 Å². The Morgan fingerprint density at radius 2 is 2.22 bits per heavy atom. The number of nitrogens with zero attached hydrogens (tertiary/aromatic N) is 3. The van der Waals surface area contributed by atoms with Gasteiger partial charge in [-0.3, -0.25) is 0 Å². The molecule has 3 rings (SSSR count). The van der Waals surface area contributed by atoms with Crippen LogP contribution in [-0.2, 0) is 4.84 Å². The van der Waals surface area contributed by atoms with Crippen LogP contribution in [0.1, 0.15) is 57.3 Å². The number of hydrogen-bond donors (Lipinski definition) is 0. The van der Waals surface area contributed by atoms with Crippen molar-refractivity contribution in [3.63, 3.8) is 0 Å². The van der Waals surface area contributed by atoms with E-state index in [0.29, 0.717) is 33.6 Å². The standard InChI is InChI=1S/C25H30FN3O2S/c1-7-19(15-25(5)12-10-20(11-13-25)24-27-18(4)31-29-24)17(3)30-28-16(2)21-8-9-23(32-6)22(26)14-21/h8-12,14,19H,3,7,13,15H2,1-2,4-6H3/b28-16+. The van der Waals surface area contributed by atoms with E-state index in [1.165, 1.54) is 17.8 Å². The SMILES string of the molecule is C=C(O/N=C(\C)c1ccc(SC)c(F)c1)C(CC)CC1(C)C=CC(c2noc(C)n2)=CC1. The highest BCUT2D eigenvalue weighted by atomic mass is 32.2. The molecule has 1 heterocycles. The lowest BCUT2D eigenvalue weighted by Crippen LogP contribution is -2.21. The first-order chi connectivity index (χ1) is 15.2. The second kappa shape index (κ2) is 10.3. The van der Waals surface area contributed by atoms with Gasteiger partial charge in [0.2, 0.25) is 11.7 Å². The molecule has 0 saturated heterocycles. The fraction of sp³-hybridized carbons (Fsp3) is 0.400. The van der Waals surface area contributed by atoms with Crippen LogP contribution in [0.25, 0.3) is 5.57 Å². The van der Waals surface area contributed by atoms with Crippen LogP contribution in [0.3, 0.4) is 0 Å². The molecule has 0 radical (unpaired) electrons. The normalized spacial score (nSPS) is 19.6. The maximum Gasteiger partial charge on any atom is 0.223 e. The lowest BCUT2D eigenvalue weighted by atomic mass is 9.74. The summed E-state index contributed by atoms with van der Waals surface area (Å²) >= 11 is 1.38. The van der Waals surface area contributed by atoms with E-state index in [0.717, 1.165) is 24.8 Å². The minimum atomic E-state index is -0.254. The smallest absolute Gasteiger partial charge is 0.223 e. The molecule has 0 bridgehead atoms. The van der Waals surface area contributed by atoms with Crippen LogP contribution < -0.4 is 0 Å². The average Bonchev–Trinajstić information content (AvgIpc) is 3.22. The van der Waals surface area contributed by atoms with Gasteiger partial charge in [0.1, 0.15) is 11.6 Å². The minimum Gasteiger partial charge on any atom is -0.362 e. The minimum absolute atomic E-state index is 0.0369. The second-order valence-electron chi connectivity index (χ2n) is 8.38. The molecular weight excluding hydrogens is 425 g/mol. The zero-order chi connectivity index (χ0) is 23.3. The van der Waals surface area contributed by atoms with Crippen LogP contribution in [-0.4, -0.2) is 22.1 Å². The summed E-state index contributed by atoms with van der Waals surface area (Å²) in [5.41, 5.74) is 2.24. The molecule has 1 aliphatic carbocycles. The first-order valence-electron chi connectivity index (χ1n) is 10.7. The fourth-order valence-corrected chi connectivity index (χ4v) is 4.16. The number of hydrogen-bond acceptors (Lipinski definition) is 6. The third-order valence-corrected chi connectivity index (χ3v) is 6.54. The van der Waals surface area contributed by atoms with Crippen molar-refractivity contribution in [1.82, 2.24) is 10.1 Å². The van der Waals surface area contributed by atoms with Gasteiger partial charge in [0, 0.05) is 28.9 Å². The maximum absolute atomic E-state index is 14.1. The summed E-state index contributed by atoms with van der Waals surface area (Å²) in [6, 6.07) is 5.09. The van der Waals surface area contributed by atoms with E-state index in [2.05, 4.69) is 54.0 Å². The molecule has 32 heavy (non-hydrogen) atoms. The summed E-state index contributed by atoms with van der Waals surface area (Å²) < 4.78 is 19.2. The molecule has 0 spiro atoms. The van der Waals surface area contributed by atoms with Gasteiger partial charge in [0.15, 0.2) is 0 Å². The quantitative estimate of drug-likeness (QED) is 0.177. The van der Waals surface area contributed by atoms with Gasteiger partial charge in [-0.1, -0.05) is 55.0 Å². The summed E-state index contributed by atoms with van der Waals surface area (Å²) in [5, 5.41) is 8.21. The first-order valence-corrected chi connectivity index (χ1v) is 11.9. The Labute approximate surface area is 193 Å². The van der Waals surface area contributed by atoms with Crippen LogP contribution in [0.2, 0.25) is 0 Å². The third-order valence-electron chi connectivity index (χ3n) is 5.77. The predicted molar refractivity (Wildman–Crippen MR) is 128 cm³/mol. The van der Waals surface area contributed by atoms with E-state index in [-0.39, 0.29) is 17.2 Å². The van der Waals surface area contributed by atoms with Crippen molar-refractivity contribution in [2.45, 2.75) is 51.9 Å². The van der Waals surface area contributed by atoms with Gasteiger partial charge in [-0.2, -0.15) is 4.98 Å². The monoisotopic (exact) mass is 455 g/mol. The molecule has 0 saturated carbocycles. The molecule has 0 aliphatic heterocycles. The van der Waals surface area contributed by atoms with Gasteiger partial charge < -0.3 is 9.36 Å². The number of aromatic nitrogens is 2. The van der Waals surface area contributed by atoms with Gasteiger partial charge in [-0.15, -0.1) is 11.8 Å². The van der Waals surface area contributed by atoms with E-state index in [9.17, 15) is 4.39 Å². The number of allylic oxidation sites excluding steroid dienone is 5. The Morgan fingerprint density at radius 3 is 2.78 bits per heavy atom. The topological polar surface area (TPSA) is 60.5 Å². The number of aryl methyl sites for hydroxylation is 1.